The predicted molar refractivity (Wildman–Crippen MR) is 58.7 cm³/mol. The van der Waals surface area contributed by atoms with Crippen LogP contribution in [0.5, 0.6) is 0 Å². The van der Waals surface area contributed by atoms with Crippen LogP contribution in [-0.2, 0) is 11.3 Å². The lowest BCUT2D eigenvalue weighted by atomic mass is 10.1. The molecule has 1 aliphatic heterocycles. The topological polar surface area (TPSA) is 49.9 Å². The monoisotopic (exact) mass is 209 g/mol. The van der Waals surface area contributed by atoms with Crippen molar-refractivity contribution in [1.82, 2.24) is 15.5 Å². The zero-order valence-corrected chi connectivity index (χ0v) is 9.47. The number of aromatic nitrogens is 2. The Bertz CT molecular complexity index is 316. The summed E-state index contributed by atoms with van der Waals surface area (Å²) in [5.41, 5.74) is 3.55. The molecule has 2 N–H and O–H groups in total. The summed E-state index contributed by atoms with van der Waals surface area (Å²) >= 11 is 0. The highest BCUT2D eigenvalue weighted by molar-refractivity contribution is 5.21. The first kappa shape index (κ1) is 10.6. The van der Waals surface area contributed by atoms with Gasteiger partial charge in [-0.3, -0.25) is 5.10 Å². The van der Waals surface area contributed by atoms with Gasteiger partial charge in [-0.2, -0.15) is 5.10 Å². The molecule has 2 rings (SSSR count). The van der Waals surface area contributed by atoms with Crippen LogP contribution in [0.25, 0.3) is 0 Å². The van der Waals surface area contributed by atoms with Crippen LogP contribution in [-0.4, -0.2) is 29.5 Å². The van der Waals surface area contributed by atoms with Crippen molar-refractivity contribution >= 4 is 0 Å². The van der Waals surface area contributed by atoms with E-state index in [0.717, 1.165) is 37.6 Å². The van der Waals surface area contributed by atoms with Crippen LogP contribution >= 0.6 is 0 Å². The van der Waals surface area contributed by atoms with Crippen LogP contribution in [0, 0.1) is 13.8 Å². The van der Waals surface area contributed by atoms with Gasteiger partial charge in [0.05, 0.1) is 12.3 Å². The molecular formula is C11H19N3O. The van der Waals surface area contributed by atoms with Crippen LogP contribution in [0.4, 0.5) is 0 Å². The first-order chi connectivity index (χ1) is 7.27. The molecule has 1 saturated heterocycles. The zero-order chi connectivity index (χ0) is 10.7. The molecule has 15 heavy (non-hydrogen) atoms. The standard InChI is InChI=1S/C11H19N3O/c1-8-9(2)13-14-11(8)6-12-10-4-3-5-15-7-10/h10,12H,3-7H2,1-2H3,(H,13,14). The quantitative estimate of drug-likeness (QED) is 0.788. The highest BCUT2D eigenvalue weighted by Gasteiger charge is 2.14. The predicted octanol–water partition coefficient (Wildman–Crippen LogP) is 1.30. The number of rotatable bonds is 3. The largest absolute Gasteiger partial charge is 0.380 e. The van der Waals surface area contributed by atoms with Crippen molar-refractivity contribution in [2.75, 3.05) is 13.2 Å². The lowest BCUT2D eigenvalue weighted by Crippen LogP contribution is -2.36. The average Bonchev–Trinajstić information content (AvgIpc) is 2.59. The fourth-order valence-corrected chi connectivity index (χ4v) is 1.85. The highest BCUT2D eigenvalue weighted by atomic mass is 16.5. The van der Waals surface area contributed by atoms with Gasteiger partial charge in [-0.05, 0) is 32.3 Å². The summed E-state index contributed by atoms with van der Waals surface area (Å²) in [5.74, 6) is 0. The third-order valence-corrected chi connectivity index (χ3v) is 3.07. The molecule has 4 heteroatoms. The van der Waals surface area contributed by atoms with Crippen molar-refractivity contribution in [3.05, 3.63) is 17.0 Å². The summed E-state index contributed by atoms with van der Waals surface area (Å²) in [6.07, 6.45) is 2.37. The molecule has 0 aromatic carbocycles. The smallest absolute Gasteiger partial charge is 0.0791 e. The lowest BCUT2D eigenvalue weighted by molar-refractivity contribution is 0.0698. The Morgan fingerprint density at radius 1 is 1.53 bits per heavy atom. The maximum atomic E-state index is 5.42. The van der Waals surface area contributed by atoms with Gasteiger partial charge in [-0.1, -0.05) is 0 Å². The Balaban J connectivity index is 1.84. The fraction of sp³-hybridized carbons (Fsp3) is 0.727. The molecule has 0 spiro atoms. The van der Waals surface area contributed by atoms with E-state index in [1.54, 1.807) is 0 Å². The van der Waals surface area contributed by atoms with Gasteiger partial charge in [0.25, 0.3) is 0 Å². The van der Waals surface area contributed by atoms with E-state index in [1.807, 2.05) is 0 Å². The molecule has 1 aliphatic rings. The molecule has 0 saturated carbocycles. The van der Waals surface area contributed by atoms with Crippen molar-refractivity contribution in [3.63, 3.8) is 0 Å². The second kappa shape index (κ2) is 4.77. The Labute approximate surface area is 90.4 Å². The molecule has 4 nitrogen and oxygen atoms in total. The van der Waals surface area contributed by atoms with E-state index >= 15 is 0 Å². The van der Waals surface area contributed by atoms with Gasteiger partial charge in [-0.25, -0.2) is 0 Å². The van der Waals surface area contributed by atoms with E-state index in [0.29, 0.717) is 6.04 Å². The first-order valence-electron chi connectivity index (χ1n) is 5.59. The summed E-state index contributed by atoms with van der Waals surface area (Å²) < 4.78 is 5.42. The minimum atomic E-state index is 0.496. The SMILES string of the molecule is Cc1[nH]nc(CNC2CCCOC2)c1C. The van der Waals surface area contributed by atoms with Crippen molar-refractivity contribution in [3.8, 4) is 0 Å². The molecule has 1 aromatic heterocycles. The second-order valence-corrected chi connectivity index (χ2v) is 4.22. The number of ether oxygens (including phenoxy) is 1. The fourth-order valence-electron chi connectivity index (χ4n) is 1.85. The molecule has 0 aliphatic carbocycles. The number of hydrogen-bond donors (Lipinski definition) is 2. The van der Waals surface area contributed by atoms with Crippen LogP contribution in [0.3, 0.4) is 0 Å². The number of H-pyrrole nitrogens is 1. The second-order valence-electron chi connectivity index (χ2n) is 4.22. The van der Waals surface area contributed by atoms with E-state index in [9.17, 15) is 0 Å². The van der Waals surface area contributed by atoms with Crippen LogP contribution in [0.1, 0.15) is 29.8 Å². The number of nitrogens with one attached hydrogen (secondary N) is 2. The maximum Gasteiger partial charge on any atom is 0.0791 e. The molecule has 0 radical (unpaired) electrons. The highest BCUT2D eigenvalue weighted by Crippen LogP contribution is 2.10. The van der Waals surface area contributed by atoms with Gasteiger partial charge in [0, 0.05) is 24.9 Å². The van der Waals surface area contributed by atoms with Crippen molar-refractivity contribution in [2.24, 2.45) is 0 Å². The van der Waals surface area contributed by atoms with E-state index in [4.69, 9.17) is 4.74 Å². The molecule has 2 heterocycles. The number of aromatic amines is 1. The molecule has 1 aromatic rings. The average molecular weight is 209 g/mol. The summed E-state index contributed by atoms with van der Waals surface area (Å²) in [6, 6.07) is 0.496. The van der Waals surface area contributed by atoms with E-state index in [-0.39, 0.29) is 0 Å². The third-order valence-electron chi connectivity index (χ3n) is 3.07. The minimum absolute atomic E-state index is 0.496. The molecule has 1 fully saturated rings. The van der Waals surface area contributed by atoms with Crippen LogP contribution < -0.4 is 5.32 Å². The molecule has 0 bridgehead atoms. The zero-order valence-electron chi connectivity index (χ0n) is 9.47. The van der Waals surface area contributed by atoms with E-state index in [2.05, 4.69) is 29.4 Å². The summed E-state index contributed by atoms with van der Waals surface area (Å²) in [5, 5.41) is 10.8. The Morgan fingerprint density at radius 3 is 3.00 bits per heavy atom. The van der Waals surface area contributed by atoms with Crippen molar-refractivity contribution in [1.29, 1.82) is 0 Å². The van der Waals surface area contributed by atoms with Crippen LogP contribution in [0.2, 0.25) is 0 Å². The molecule has 1 unspecified atom stereocenters. The van der Waals surface area contributed by atoms with Gasteiger partial charge in [-0.15, -0.1) is 0 Å². The molecular weight excluding hydrogens is 190 g/mol. The minimum Gasteiger partial charge on any atom is -0.380 e. The van der Waals surface area contributed by atoms with Crippen LogP contribution in [0.15, 0.2) is 0 Å². The first-order valence-corrected chi connectivity index (χ1v) is 5.59. The summed E-state index contributed by atoms with van der Waals surface area (Å²) in [6.45, 7) is 6.74. The molecule has 84 valence electrons. The van der Waals surface area contributed by atoms with Crippen molar-refractivity contribution < 1.29 is 4.74 Å². The Morgan fingerprint density at radius 2 is 2.40 bits per heavy atom. The number of nitrogens with zero attached hydrogens (tertiary/aromatic N) is 1. The van der Waals surface area contributed by atoms with E-state index in [1.165, 1.54) is 12.0 Å². The number of aryl methyl sites for hydroxylation is 1. The van der Waals surface area contributed by atoms with Gasteiger partial charge in [0.15, 0.2) is 0 Å². The maximum absolute atomic E-state index is 5.42. The van der Waals surface area contributed by atoms with Gasteiger partial charge >= 0.3 is 0 Å². The molecule has 0 amide bonds. The Kier molecular flexibility index (Phi) is 3.38. The van der Waals surface area contributed by atoms with Gasteiger partial charge < -0.3 is 10.1 Å². The summed E-state index contributed by atoms with van der Waals surface area (Å²) in [7, 11) is 0. The normalized spacial score (nSPS) is 21.9. The van der Waals surface area contributed by atoms with Crippen molar-refractivity contribution in [2.45, 2.75) is 39.3 Å². The number of hydrogen-bond acceptors (Lipinski definition) is 3. The Hall–Kier alpha value is -0.870. The lowest BCUT2D eigenvalue weighted by Gasteiger charge is -2.22. The molecule has 1 atom stereocenters. The summed E-state index contributed by atoms with van der Waals surface area (Å²) in [4.78, 5) is 0. The van der Waals surface area contributed by atoms with Gasteiger partial charge in [0.2, 0.25) is 0 Å². The van der Waals surface area contributed by atoms with Gasteiger partial charge in [0.1, 0.15) is 0 Å². The third kappa shape index (κ3) is 2.58. The van der Waals surface area contributed by atoms with E-state index < -0.39 is 0 Å².